The highest BCUT2D eigenvalue weighted by atomic mass is 32.1. The lowest BCUT2D eigenvalue weighted by Crippen LogP contribution is -2.30. The Hall–Kier alpha value is -2.48. The van der Waals surface area contributed by atoms with Crippen molar-refractivity contribution in [2.75, 3.05) is 46.2 Å². The van der Waals surface area contributed by atoms with E-state index >= 15 is 0 Å². The molecule has 1 aliphatic heterocycles. The van der Waals surface area contributed by atoms with E-state index in [-0.39, 0.29) is 17.7 Å². The van der Waals surface area contributed by atoms with Gasteiger partial charge in [-0.05, 0) is 28.8 Å². The zero-order chi connectivity index (χ0) is 19.6. The van der Waals surface area contributed by atoms with Crippen molar-refractivity contribution in [2.45, 2.75) is 18.8 Å². The fourth-order valence-corrected chi connectivity index (χ4v) is 3.88. The van der Waals surface area contributed by atoms with Gasteiger partial charge < -0.3 is 14.7 Å². The van der Waals surface area contributed by atoms with Crippen LogP contribution in [0, 0.1) is 0 Å². The van der Waals surface area contributed by atoms with Gasteiger partial charge in [0, 0.05) is 53.4 Å². The molecule has 0 bridgehead atoms. The Labute approximate surface area is 163 Å². The van der Waals surface area contributed by atoms with Crippen LogP contribution in [0.15, 0.2) is 23.0 Å². The molecule has 2 aromatic heterocycles. The summed E-state index contributed by atoms with van der Waals surface area (Å²) in [7, 11) is 7.18. The molecule has 0 N–H and O–H groups in total. The Balaban J connectivity index is 1.81. The molecule has 0 spiro atoms. The van der Waals surface area contributed by atoms with Gasteiger partial charge in [-0.2, -0.15) is 11.3 Å². The minimum atomic E-state index is -0.113. The van der Waals surface area contributed by atoms with Crippen molar-refractivity contribution in [1.82, 2.24) is 19.8 Å². The normalized spacial score (nSPS) is 16.4. The average molecular weight is 388 g/mol. The Kier molecular flexibility index (Phi) is 5.74. The molecule has 2 aromatic rings. The van der Waals surface area contributed by atoms with Gasteiger partial charge in [-0.1, -0.05) is 0 Å². The van der Waals surface area contributed by atoms with E-state index in [0.717, 1.165) is 17.7 Å². The molecule has 0 aromatic carbocycles. The molecule has 1 fully saturated rings. The first-order valence-electron chi connectivity index (χ1n) is 8.91. The van der Waals surface area contributed by atoms with E-state index in [9.17, 15) is 9.59 Å². The number of anilines is 1. The van der Waals surface area contributed by atoms with E-state index in [2.05, 4.69) is 9.97 Å². The van der Waals surface area contributed by atoms with Gasteiger partial charge in [0.25, 0.3) is 5.91 Å². The van der Waals surface area contributed by atoms with Gasteiger partial charge in [-0.3, -0.25) is 9.59 Å². The fraction of sp³-hybridized carbons (Fsp3) is 0.474. The summed E-state index contributed by atoms with van der Waals surface area (Å²) in [5.41, 5.74) is 2.30. The van der Waals surface area contributed by atoms with Crippen LogP contribution in [-0.2, 0) is 11.2 Å². The van der Waals surface area contributed by atoms with E-state index in [1.807, 2.05) is 40.7 Å². The molecule has 144 valence electrons. The van der Waals surface area contributed by atoms with E-state index in [1.54, 1.807) is 31.6 Å². The maximum atomic E-state index is 12.6. The third-order valence-electron chi connectivity index (χ3n) is 4.71. The van der Waals surface area contributed by atoms with Crippen molar-refractivity contribution < 1.29 is 9.59 Å². The highest BCUT2D eigenvalue weighted by molar-refractivity contribution is 7.08. The van der Waals surface area contributed by atoms with E-state index in [4.69, 9.17) is 0 Å². The minimum absolute atomic E-state index is 0.0389. The number of carbonyl (C=O) groups excluding carboxylic acids is 2. The number of rotatable bonds is 5. The van der Waals surface area contributed by atoms with Gasteiger partial charge in [0.05, 0.1) is 17.7 Å². The molecule has 1 aliphatic rings. The zero-order valence-corrected chi connectivity index (χ0v) is 17.0. The van der Waals surface area contributed by atoms with Crippen molar-refractivity contribution in [3.8, 4) is 0 Å². The maximum absolute atomic E-state index is 12.6. The van der Waals surface area contributed by atoms with Crippen LogP contribution in [0.3, 0.4) is 0 Å². The second-order valence-corrected chi connectivity index (χ2v) is 7.98. The summed E-state index contributed by atoms with van der Waals surface area (Å²) in [5, 5.41) is 3.99. The van der Waals surface area contributed by atoms with Crippen LogP contribution < -0.4 is 4.90 Å². The Morgan fingerprint density at radius 2 is 2.07 bits per heavy atom. The molecule has 1 unspecified atom stereocenters. The summed E-state index contributed by atoms with van der Waals surface area (Å²) in [5.74, 6) is 0.622. The first kappa shape index (κ1) is 19.3. The second kappa shape index (κ2) is 8.04. The van der Waals surface area contributed by atoms with Crippen molar-refractivity contribution >= 4 is 29.1 Å². The third-order valence-corrected chi connectivity index (χ3v) is 5.44. The third kappa shape index (κ3) is 4.27. The van der Waals surface area contributed by atoms with Gasteiger partial charge in [0.2, 0.25) is 11.9 Å². The lowest BCUT2D eigenvalue weighted by Gasteiger charge is -2.20. The summed E-state index contributed by atoms with van der Waals surface area (Å²) in [6.07, 6.45) is 2.83. The number of carbonyl (C=O) groups is 2. The monoisotopic (exact) mass is 387 g/mol. The number of hydrogen-bond donors (Lipinski definition) is 0. The summed E-state index contributed by atoms with van der Waals surface area (Å²) >= 11 is 1.60. The molecule has 27 heavy (non-hydrogen) atoms. The average Bonchev–Trinajstić information content (AvgIpc) is 3.32. The lowest BCUT2D eigenvalue weighted by molar-refractivity contribution is -0.129. The first-order valence-corrected chi connectivity index (χ1v) is 9.86. The number of thiophene rings is 1. The predicted octanol–water partition coefficient (Wildman–Crippen LogP) is 1.86. The summed E-state index contributed by atoms with van der Waals surface area (Å²) in [6, 6.07) is 1.98. The number of likely N-dealkylation sites (tertiary alicyclic amines) is 1. The number of nitrogens with zero attached hydrogens (tertiary/aromatic N) is 5. The maximum Gasteiger partial charge on any atom is 0.256 e. The quantitative estimate of drug-likeness (QED) is 0.783. The highest BCUT2D eigenvalue weighted by Crippen LogP contribution is 2.30. The molecule has 7 nitrogen and oxygen atoms in total. The Morgan fingerprint density at radius 3 is 2.70 bits per heavy atom. The van der Waals surface area contributed by atoms with Gasteiger partial charge in [0.1, 0.15) is 0 Å². The largest absolute Gasteiger partial charge is 0.347 e. The molecular formula is C19H25N5O2S. The molecule has 8 heteroatoms. The van der Waals surface area contributed by atoms with Crippen LogP contribution in [-0.4, -0.2) is 72.9 Å². The topological polar surface area (TPSA) is 69.6 Å². The summed E-state index contributed by atoms with van der Waals surface area (Å²) in [4.78, 5) is 39.4. The molecule has 0 radical (unpaired) electrons. The van der Waals surface area contributed by atoms with Crippen LogP contribution in [0.4, 0.5) is 5.95 Å². The van der Waals surface area contributed by atoms with Crippen LogP contribution in [0.5, 0.6) is 0 Å². The molecule has 2 amide bonds. The van der Waals surface area contributed by atoms with Crippen LogP contribution in [0.2, 0.25) is 0 Å². The van der Waals surface area contributed by atoms with Crippen molar-refractivity contribution in [2.24, 2.45) is 0 Å². The summed E-state index contributed by atoms with van der Waals surface area (Å²) < 4.78 is 0. The molecule has 1 atom stereocenters. The van der Waals surface area contributed by atoms with Crippen molar-refractivity contribution in [3.05, 3.63) is 39.8 Å². The first-order chi connectivity index (χ1) is 12.9. The van der Waals surface area contributed by atoms with E-state index in [0.29, 0.717) is 31.0 Å². The van der Waals surface area contributed by atoms with Gasteiger partial charge in [0.15, 0.2) is 0 Å². The molecular weight excluding hydrogens is 362 g/mol. The summed E-state index contributed by atoms with van der Waals surface area (Å²) in [6.45, 7) is 1.27. The van der Waals surface area contributed by atoms with Crippen LogP contribution >= 0.6 is 11.3 Å². The fourth-order valence-electron chi connectivity index (χ4n) is 3.21. The number of amides is 2. The van der Waals surface area contributed by atoms with Crippen LogP contribution in [0.1, 0.15) is 34.0 Å². The predicted molar refractivity (Wildman–Crippen MR) is 106 cm³/mol. The Morgan fingerprint density at radius 1 is 1.30 bits per heavy atom. The number of hydrogen-bond acceptors (Lipinski definition) is 6. The standard InChI is InChI=1S/C19H25N5O2S/c1-22(2)18(26)15-10-20-19(23(3)4)21-17(15)14-5-7-24(11-14)16(25)9-13-6-8-27-12-13/h6,8,10,12,14H,5,7,9,11H2,1-4H3. The minimum Gasteiger partial charge on any atom is -0.347 e. The highest BCUT2D eigenvalue weighted by Gasteiger charge is 2.32. The second-order valence-electron chi connectivity index (χ2n) is 7.20. The molecule has 3 rings (SSSR count). The van der Waals surface area contributed by atoms with Gasteiger partial charge in [-0.25, -0.2) is 9.97 Å². The SMILES string of the molecule is CN(C)C(=O)c1cnc(N(C)C)nc1C1CCN(C(=O)Cc2ccsc2)C1. The van der Waals surface area contributed by atoms with Crippen LogP contribution in [0.25, 0.3) is 0 Å². The molecule has 3 heterocycles. The lowest BCUT2D eigenvalue weighted by atomic mass is 9.99. The van der Waals surface area contributed by atoms with Gasteiger partial charge >= 0.3 is 0 Å². The van der Waals surface area contributed by atoms with Gasteiger partial charge in [-0.15, -0.1) is 0 Å². The van der Waals surface area contributed by atoms with E-state index in [1.165, 1.54) is 4.90 Å². The van der Waals surface area contributed by atoms with Crippen molar-refractivity contribution in [1.29, 1.82) is 0 Å². The Bertz CT molecular complexity index is 820. The number of aromatic nitrogens is 2. The van der Waals surface area contributed by atoms with E-state index < -0.39 is 0 Å². The molecule has 1 saturated heterocycles. The smallest absolute Gasteiger partial charge is 0.256 e. The molecule has 0 saturated carbocycles. The molecule has 0 aliphatic carbocycles. The van der Waals surface area contributed by atoms with Crippen molar-refractivity contribution in [3.63, 3.8) is 0 Å². The zero-order valence-electron chi connectivity index (χ0n) is 16.2.